The van der Waals surface area contributed by atoms with Crippen molar-refractivity contribution >= 4 is 5.97 Å². The second-order valence-electron chi connectivity index (χ2n) is 4.39. The summed E-state index contributed by atoms with van der Waals surface area (Å²) in [7, 11) is 1.35. The van der Waals surface area contributed by atoms with Crippen molar-refractivity contribution in [1.29, 1.82) is 0 Å². The van der Waals surface area contributed by atoms with Crippen molar-refractivity contribution in [2.24, 2.45) is 0 Å². The number of nitrogens with one attached hydrogen (secondary N) is 1. The van der Waals surface area contributed by atoms with E-state index in [-0.39, 0.29) is 12.0 Å². The van der Waals surface area contributed by atoms with Crippen LogP contribution in [0.4, 0.5) is 0 Å². The molecule has 104 valence electrons. The first kappa shape index (κ1) is 14.1. The normalized spacial score (nSPS) is 11.9. The number of ether oxygens (including phenoxy) is 1. The molecule has 0 saturated heterocycles. The van der Waals surface area contributed by atoms with Crippen LogP contribution in [-0.2, 0) is 11.3 Å². The van der Waals surface area contributed by atoms with Crippen LogP contribution in [0.3, 0.4) is 0 Å². The molecule has 0 aliphatic heterocycles. The van der Waals surface area contributed by atoms with Gasteiger partial charge in [0, 0.05) is 25.0 Å². The molecule has 2 rings (SSSR count). The van der Waals surface area contributed by atoms with E-state index in [1.807, 2.05) is 31.2 Å². The number of pyridine rings is 2. The van der Waals surface area contributed by atoms with E-state index in [4.69, 9.17) is 0 Å². The minimum absolute atomic E-state index is 0.137. The highest BCUT2D eigenvalue weighted by Gasteiger charge is 2.08. The molecule has 2 aromatic rings. The Kier molecular flexibility index (Phi) is 4.79. The van der Waals surface area contributed by atoms with E-state index in [9.17, 15) is 4.79 Å². The average Bonchev–Trinajstić information content (AvgIpc) is 2.53. The van der Waals surface area contributed by atoms with Gasteiger partial charge in [-0.25, -0.2) is 4.79 Å². The Hall–Kier alpha value is -2.27. The summed E-state index contributed by atoms with van der Waals surface area (Å²) in [5.41, 5.74) is 2.30. The molecule has 0 bridgehead atoms. The molecule has 1 N–H and O–H groups in total. The van der Waals surface area contributed by atoms with Gasteiger partial charge in [-0.15, -0.1) is 0 Å². The van der Waals surface area contributed by atoms with E-state index in [1.54, 1.807) is 12.3 Å². The van der Waals surface area contributed by atoms with Crippen molar-refractivity contribution in [1.82, 2.24) is 15.3 Å². The Bertz CT molecular complexity index is 555. The number of hydrogen-bond acceptors (Lipinski definition) is 5. The number of methoxy groups -OCH3 is 1. The molecule has 5 heteroatoms. The van der Waals surface area contributed by atoms with Crippen LogP contribution < -0.4 is 5.32 Å². The highest BCUT2D eigenvalue weighted by molar-refractivity contribution is 5.88. The van der Waals surface area contributed by atoms with Crippen LogP contribution in [-0.4, -0.2) is 23.0 Å². The number of rotatable bonds is 5. The largest absolute Gasteiger partial charge is 0.465 e. The monoisotopic (exact) mass is 271 g/mol. The van der Waals surface area contributed by atoms with Crippen molar-refractivity contribution < 1.29 is 9.53 Å². The van der Waals surface area contributed by atoms with E-state index in [1.165, 1.54) is 13.3 Å². The third-order valence-electron chi connectivity index (χ3n) is 2.97. The van der Waals surface area contributed by atoms with E-state index < -0.39 is 0 Å². The third kappa shape index (κ3) is 3.61. The highest BCUT2D eigenvalue weighted by atomic mass is 16.5. The maximum absolute atomic E-state index is 11.3. The van der Waals surface area contributed by atoms with Gasteiger partial charge in [0.2, 0.25) is 0 Å². The molecule has 0 aromatic carbocycles. The Morgan fingerprint density at radius 2 is 2.15 bits per heavy atom. The van der Waals surface area contributed by atoms with Gasteiger partial charge in [0.25, 0.3) is 0 Å². The molecule has 0 fully saturated rings. The van der Waals surface area contributed by atoms with Crippen LogP contribution in [0.2, 0.25) is 0 Å². The minimum atomic E-state index is -0.376. The van der Waals surface area contributed by atoms with Gasteiger partial charge in [-0.05, 0) is 31.2 Å². The number of carbonyl (C=O) groups is 1. The van der Waals surface area contributed by atoms with Crippen molar-refractivity contribution in [3.8, 4) is 0 Å². The standard InChI is InChI=1S/C15H17N3O2/c1-11(14-5-3-4-8-16-14)17-10-13-7-6-12(9-18-13)15(19)20-2/h3-9,11,17H,10H2,1-2H3/t11-/m1/s1. The first-order chi connectivity index (χ1) is 9.70. The molecule has 0 spiro atoms. The first-order valence-corrected chi connectivity index (χ1v) is 6.38. The van der Waals surface area contributed by atoms with Crippen LogP contribution in [0.25, 0.3) is 0 Å². The molecule has 2 heterocycles. The predicted molar refractivity (Wildman–Crippen MR) is 75.1 cm³/mol. The molecule has 0 aliphatic rings. The molecule has 0 amide bonds. The molecule has 2 aromatic heterocycles. The number of aromatic nitrogens is 2. The topological polar surface area (TPSA) is 64.1 Å². The van der Waals surface area contributed by atoms with Gasteiger partial charge in [0.05, 0.1) is 24.1 Å². The summed E-state index contributed by atoms with van der Waals surface area (Å²) in [6.07, 6.45) is 3.30. The fourth-order valence-electron chi connectivity index (χ4n) is 1.76. The van der Waals surface area contributed by atoms with Gasteiger partial charge in [0.15, 0.2) is 0 Å². The van der Waals surface area contributed by atoms with E-state index >= 15 is 0 Å². The second-order valence-corrected chi connectivity index (χ2v) is 4.39. The Balaban J connectivity index is 1.93. The lowest BCUT2D eigenvalue weighted by atomic mass is 10.2. The van der Waals surface area contributed by atoms with Gasteiger partial charge in [-0.3, -0.25) is 9.97 Å². The molecule has 0 unspecified atom stereocenters. The van der Waals surface area contributed by atoms with E-state index in [0.29, 0.717) is 12.1 Å². The van der Waals surface area contributed by atoms with Crippen molar-refractivity contribution in [2.45, 2.75) is 19.5 Å². The number of carbonyl (C=O) groups excluding carboxylic acids is 1. The van der Waals surface area contributed by atoms with Gasteiger partial charge in [-0.2, -0.15) is 0 Å². The second kappa shape index (κ2) is 6.77. The summed E-state index contributed by atoms with van der Waals surface area (Å²) in [6.45, 7) is 2.66. The summed E-state index contributed by atoms with van der Waals surface area (Å²) in [5, 5.41) is 3.34. The average molecular weight is 271 g/mol. The van der Waals surface area contributed by atoms with E-state index in [0.717, 1.165) is 11.4 Å². The Morgan fingerprint density at radius 1 is 1.30 bits per heavy atom. The summed E-state index contributed by atoms with van der Waals surface area (Å²) in [6, 6.07) is 9.49. The number of nitrogens with zero attached hydrogens (tertiary/aromatic N) is 2. The SMILES string of the molecule is COC(=O)c1ccc(CN[C@H](C)c2ccccn2)nc1. The van der Waals surface area contributed by atoms with Crippen LogP contribution in [0, 0.1) is 0 Å². The summed E-state index contributed by atoms with van der Waals surface area (Å²) < 4.78 is 4.63. The van der Waals surface area contributed by atoms with Crippen LogP contribution in [0.5, 0.6) is 0 Å². The van der Waals surface area contributed by atoms with Gasteiger partial charge in [-0.1, -0.05) is 6.07 Å². The van der Waals surface area contributed by atoms with Gasteiger partial charge >= 0.3 is 5.97 Å². The fraction of sp³-hybridized carbons (Fsp3) is 0.267. The third-order valence-corrected chi connectivity index (χ3v) is 2.97. The zero-order chi connectivity index (χ0) is 14.4. The zero-order valence-corrected chi connectivity index (χ0v) is 11.5. The Labute approximate surface area is 118 Å². The Morgan fingerprint density at radius 3 is 2.75 bits per heavy atom. The number of hydrogen-bond donors (Lipinski definition) is 1. The quantitative estimate of drug-likeness (QED) is 0.844. The maximum Gasteiger partial charge on any atom is 0.339 e. The van der Waals surface area contributed by atoms with Crippen molar-refractivity contribution in [3.05, 3.63) is 59.7 Å². The minimum Gasteiger partial charge on any atom is -0.465 e. The number of esters is 1. The smallest absolute Gasteiger partial charge is 0.339 e. The predicted octanol–water partition coefficient (Wildman–Crippen LogP) is 2.11. The summed E-state index contributed by atoms with van der Waals surface area (Å²) >= 11 is 0. The lowest BCUT2D eigenvalue weighted by Gasteiger charge is -2.12. The van der Waals surface area contributed by atoms with Gasteiger partial charge < -0.3 is 10.1 Å². The molecule has 5 nitrogen and oxygen atoms in total. The van der Waals surface area contributed by atoms with Crippen molar-refractivity contribution in [3.63, 3.8) is 0 Å². The zero-order valence-electron chi connectivity index (χ0n) is 11.5. The van der Waals surface area contributed by atoms with Crippen molar-refractivity contribution in [2.75, 3.05) is 7.11 Å². The van der Waals surface area contributed by atoms with Gasteiger partial charge in [0.1, 0.15) is 0 Å². The summed E-state index contributed by atoms with van der Waals surface area (Å²) in [4.78, 5) is 19.8. The van der Waals surface area contributed by atoms with Crippen LogP contribution in [0.1, 0.15) is 34.7 Å². The fourth-order valence-corrected chi connectivity index (χ4v) is 1.76. The lowest BCUT2D eigenvalue weighted by molar-refractivity contribution is 0.0600. The molecule has 1 atom stereocenters. The van der Waals surface area contributed by atoms with Crippen LogP contribution >= 0.6 is 0 Å². The maximum atomic E-state index is 11.3. The molecule has 0 radical (unpaired) electrons. The van der Waals surface area contributed by atoms with Crippen LogP contribution in [0.15, 0.2) is 42.7 Å². The highest BCUT2D eigenvalue weighted by Crippen LogP contribution is 2.09. The molecule has 0 aliphatic carbocycles. The van der Waals surface area contributed by atoms with E-state index in [2.05, 4.69) is 20.0 Å². The first-order valence-electron chi connectivity index (χ1n) is 6.38. The molecular weight excluding hydrogens is 254 g/mol. The molecule has 20 heavy (non-hydrogen) atoms. The summed E-state index contributed by atoms with van der Waals surface area (Å²) in [5.74, 6) is -0.376. The molecular formula is C15H17N3O2. The lowest BCUT2D eigenvalue weighted by Crippen LogP contribution is -2.19. The molecule has 0 saturated carbocycles.